The minimum Gasteiger partial charge on any atom is -0.0622 e. The molecule has 134 valence electrons. The standard InChI is InChI=1S/C18H15P.C4H11Si.Au/c1-4-10-16(11-5-1)19(17-12-6-2-7-13-17)18-14-8-3-9-15-18;1-5(2,3)4;/h1-15H;1H2,2-4H3;. The van der Waals surface area contributed by atoms with Crippen LogP contribution in [0, 0.1) is 0 Å². The SMILES string of the molecule is C[Si](C)(C)[CH2][Au].c1ccc(P(c2ccccc2)c2ccccc2)cc1. The second-order valence-corrected chi connectivity index (χ2v) is 16.9. The summed E-state index contributed by atoms with van der Waals surface area (Å²) in [6.45, 7) is 7.10. The van der Waals surface area contributed by atoms with Crippen molar-refractivity contribution in [1.82, 2.24) is 0 Å². The molecule has 0 radical (unpaired) electrons. The zero-order valence-corrected chi connectivity index (χ0v) is 19.2. The molecule has 0 atom stereocenters. The predicted molar refractivity (Wildman–Crippen MR) is 113 cm³/mol. The molecule has 3 rings (SSSR count). The molecule has 0 saturated heterocycles. The molecule has 0 unspecified atom stereocenters. The van der Waals surface area contributed by atoms with Crippen molar-refractivity contribution in [3.05, 3.63) is 91.0 Å². The van der Waals surface area contributed by atoms with Gasteiger partial charge in [-0.2, -0.15) is 0 Å². The average Bonchev–Trinajstić information content (AvgIpc) is 2.65. The fourth-order valence-electron chi connectivity index (χ4n) is 2.18. The minimum atomic E-state index is -0.656. The largest absolute Gasteiger partial charge is 0.0622 e. The summed E-state index contributed by atoms with van der Waals surface area (Å²) in [6.07, 6.45) is 0. The van der Waals surface area contributed by atoms with E-state index >= 15 is 0 Å². The molecule has 3 aromatic rings. The van der Waals surface area contributed by atoms with Gasteiger partial charge in [0.05, 0.1) is 0 Å². The Morgan fingerprint density at radius 1 is 0.600 bits per heavy atom. The summed E-state index contributed by atoms with van der Waals surface area (Å²) in [7, 11) is -1.10. The van der Waals surface area contributed by atoms with Gasteiger partial charge in [0.15, 0.2) is 0 Å². The molecule has 0 nitrogen and oxygen atoms in total. The maximum absolute atomic E-state index is 2.61. The van der Waals surface area contributed by atoms with Gasteiger partial charge in [-0.1, -0.05) is 91.0 Å². The van der Waals surface area contributed by atoms with Crippen LogP contribution in [0.25, 0.3) is 0 Å². The van der Waals surface area contributed by atoms with Crippen LogP contribution in [0.2, 0.25) is 23.9 Å². The van der Waals surface area contributed by atoms with Crippen LogP contribution in [0.4, 0.5) is 0 Å². The molecule has 0 heterocycles. The number of benzene rings is 3. The Bertz CT molecular complexity index is 630. The van der Waals surface area contributed by atoms with Gasteiger partial charge < -0.3 is 0 Å². The molecule has 0 aromatic heterocycles. The fraction of sp³-hybridized carbons (Fsp3) is 0.182. The molecule has 0 N–H and O–H groups in total. The van der Waals surface area contributed by atoms with E-state index < -0.39 is 16.0 Å². The Hall–Kier alpha value is -0.953. The van der Waals surface area contributed by atoms with Crippen molar-refractivity contribution in [3.63, 3.8) is 0 Å². The summed E-state index contributed by atoms with van der Waals surface area (Å²) in [4.78, 5) is 0. The summed E-state index contributed by atoms with van der Waals surface area (Å²) in [6, 6.07) is 32.3. The summed E-state index contributed by atoms with van der Waals surface area (Å²) in [5.41, 5.74) is 0. The van der Waals surface area contributed by atoms with Gasteiger partial charge in [0.2, 0.25) is 0 Å². The zero-order valence-electron chi connectivity index (χ0n) is 15.1. The first kappa shape index (κ1) is 20.4. The maximum atomic E-state index is 2.61. The maximum Gasteiger partial charge on any atom is -0.0134 e. The smallest absolute Gasteiger partial charge is 0.0134 e. The van der Waals surface area contributed by atoms with Crippen molar-refractivity contribution in [2.45, 2.75) is 23.9 Å². The second kappa shape index (κ2) is 10.3. The molecular weight excluding hydrogens is 520 g/mol. The molecular formula is C22H26AuPSi. The first-order chi connectivity index (χ1) is 12.0. The molecule has 0 aliphatic carbocycles. The molecule has 3 aromatic carbocycles. The van der Waals surface area contributed by atoms with E-state index in [1.54, 1.807) is 0 Å². The molecule has 0 aliphatic heterocycles. The van der Waals surface area contributed by atoms with Crippen LogP contribution >= 0.6 is 7.92 Å². The Morgan fingerprint density at radius 3 is 1.04 bits per heavy atom. The van der Waals surface area contributed by atoms with Gasteiger partial charge in [-0.3, -0.25) is 0 Å². The molecule has 0 bridgehead atoms. The average molecular weight is 546 g/mol. The predicted octanol–water partition coefficient (Wildman–Crippen LogP) is 5.27. The number of rotatable bonds is 4. The molecule has 0 aliphatic rings. The van der Waals surface area contributed by atoms with Crippen molar-refractivity contribution in [2.75, 3.05) is 0 Å². The number of hydrogen-bond acceptors (Lipinski definition) is 0. The minimum absolute atomic E-state index is 0.446. The van der Waals surface area contributed by atoms with Crippen LogP contribution in [0.15, 0.2) is 91.0 Å². The Balaban J connectivity index is 0.000000326. The molecule has 0 spiro atoms. The quantitative estimate of drug-likeness (QED) is 0.309. The second-order valence-electron chi connectivity index (χ2n) is 7.01. The van der Waals surface area contributed by atoms with E-state index in [0.29, 0.717) is 0 Å². The Morgan fingerprint density at radius 2 is 0.840 bits per heavy atom. The molecule has 3 heteroatoms. The van der Waals surface area contributed by atoms with Crippen LogP contribution < -0.4 is 15.9 Å². The summed E-state index contributed by atoms with van der Waals surface area (Å²) < 4.78 is 1.35. The van der Waals surface area contributed by atoms with Crippen LogP contribution in [-0.4, -0.2) is 8.07 Å². The van der Waals surface area contributed by atoms with Gasteiger partial charge >= 0.3 is 53.0 Å². The van der Waals surface area contributed by atoms with E-state index in [4.69, 9.17) is 0 Å². The van der Waals surface area contributed by atoms with E-state index in [9.17, 15) is 0 Å². The van der Waals surface area contributed by atoms with Crippen LogP contribution in [0.5, 0.6) is 0 Å². The van der Waals surface area contributed by atoms with Crippen molar-refractivity contribution >= 4 is 31.9 Å². The number of hydrogen-bond donors (Lipinski definition) is 0. The van der Waals surface area contributed by atoms with Crippen molar-refractivity contribution in [1.29, 1.82) is 0 Å². The van der Waals surface area contributed by atoms with E-state index in [0.717, 1.165) is 0 Å². The molecule has 0 amide bonds. The van der Waals surface area contributed by atoms with Crippen molar-refractivity contribution < 1.29 is 21.1 Å². The van der Waals surface area contributed by atoms with E-state index in [2.05, 4.69) is 132 Å². The zero-order chi connectivity index (χ0) is 18.1. The third-order valence-electron chi connectivity index (χ3n) is 3.36. The van der Waals surface area contributed by atoms with Crippen molar-refractivity contribution in [2.24, 2.45) is 0 Å². The first-order valence-electron chi connectivity index (χ1n) is 8.47. The normalized spacial score (nSPS) is 11.0. The summed E-state index contributed by atoms with van der Waals surface area (Å²) in [5, 5.41) is 4.19. The fourth-order valence-corrected chi connectivity index (χ4v) is 4.48. The van der Waals surface area contributed by atoms with Gasteiger partial charge in [0, 0.05) is 0 Å². The molecule has 0 fully saturated rings. The third kappa shape index (κ3) is 7.05. The Kier molecular flexibility index (Phi) is 8.35. The first-order valence-corrected chi connectivity index (χ1v) is 15.1. The van der Waals surface area contributed by atoms with Crippen LogP contribution in [0.3, 0.4) is 0 Å². The van der Waals surface area contributed by atoms with Crippen molar-refractivity contribution in [3.8, 4) is 0 Å². The molecule has 0 saturated carbocycles. The Labute approximate surface area is 167 Å². The third-order valence-corrected chi connectivity index (χ3v) is 13.3. The van der Waals surface area contributed by atoms with Crippen LogP contribution in [0.1, 0.15) is 0 Å². The van der Waals surface area contributed by atoms with Gasteiger partial charge in [-0.25, -0.2) is 0 Å². The van der Waals surface area contributed by atoms with E-state index in [1.165, 1.54) is 20.2 Å². The van der Waals surface area contributed by atoms with Gasteiger partial charge in [-0.05, 0) is 23.8 Å². The van der Waals surface area contributed by atoms with Gasteiger partial charge in [-0.15, -0.1) is 0 Å². The summed E-state index contributed by atoms with van der Waals surface area (Å²) >= 11 is 2.61. The van der Waals surface area contributed by atoms with Gasteiger partial charge in [0.25, 0.3) is 0 Å². The van der Waals surface area contributed by atoms with Gasteiger partial charge in [0.1, 0.15) is 0 Å². The summed E-state index contributed by atoms with van der Waals surface area (Å²) in [5.74, 6) is 0. The van der Waals surface area contributed by atoms with Crippen LogP contribution in [-0.2, 0) is 21.1 Å². The monoisotopic (exact) mass is 546 g/mol. The van der Waals surface area contributed by atoms with E-state index in [-0.39, 0.29) is 0 Å². The molecule has 25 heavy (non-hydrogen) atoms. The topological polar surface area (TPSA) is 0 Å². The van der Waals surface area contributed by atoms with E-state index in [1.807, 2.05) is 0 Å².